The molecule has 24 atom stereocenters. The van der Waals surface area contributed by atoms with Crippen LogP contribution >= 0.6 is 0 Å². The van der Waals surface area contributed by atoms with Gasteiger partial charge in [-0.1, -0.05) is 171 Å². The number of rotatable bonds is 16. The molecule has 0 amide bonds. The first kappa shape index (κ1) is 61.4. The number of ether oxygens (including phenoxy) is 8. The first-order valence-electron chi connectivity index (χ1n) is 35.4. The van der Waals surface area contributed by atoms with Crippen LogP contribution in [-0.4, -0.2) is 98.2 Å². The van der Waals surface area contributed by atoms with Gasteiger partial charge in [0.2, 0.25) is 0 Å². The van der Waals surface area contributed by atoms with Crippen LogP contribution in [0.5, 0.6) is 46.0 Å². The van der Waals surface area contributed by atoms with Gasteiger partial charge in [-0.3, -0.25) is 42.5 Å². The molecule has 16 heteroatoms. The molecule has 4 aliphatic carbocycles. The van der Waals surface area contributed by atoms with Crippen molar-refractivity contribution >= 4 is 0 Å². The Morgan fingerprint density at radius 1 is 0.177 bits per heavy atom. The Kier molecular flexibility index (Phi) is 17.8. The van der Waals surface area contributed by atoms with Gasteiger partial charge in [0.05, 0.1) is 49.3 Å². The zero-order valence-electron chi connectivity index (χ0n) is 53.9. The van der Waals surface area contributed by atoms with Gasteiger partial charge in [0, 0.05) is 23.7 Å². The molecule has 5 aliphatic heterocycles. The smallest absolute Gasteiger partial charge is 0.176 e. The SMILES string of the molecule is c1ccc(OC2C(Oc3ccccc3)C(Oc3ccccc3)C3C4NC(NC5NC(NC6NC(NC7NC(N4)C4C(Oc8ccccc8)C(Oc8ccccc8)C(Oc8ccccc8)C(Oc8ccccc8)C74)C4CCCCC64)C4CCCCC54)C3C2Oc2ccccc2)cc1. The first-order chi connectivity index (χ1) is 47.6. The third-order valence-electron chi connectivity index (χ3n) is 22.3. The van der Waals surface area contributed by atoms with E-state index in [0.29, 0.717) is 46.7 Å². The first-order valence-corrected chi connectivity index (χ1v) is 35.4. The van der Waals surface area contributed by atoms with Gasteiger partial charge in [0.15, 0.2) is 24.4 Å². The van der Waals surface area contributed by atoms with Crippen LogP contribution in [0.2, 0.25) is 0 Å². The largest absolute Gasteiger partial charge is 0.486 e. The summed E-state index contributed by atoms with van der Waals surface area (Å²) in [7, 11) is 0. The van der Waals surface area contributed by atoms with Gasteiger partial charge in [-0.05, 0) is 146 Å². The van der Waals surface area contributed by atoms with E-state index in [1.165, 1.54) is 25.7 Å². The highest BCUT2D eigenvalue weighted by molar-refractivity contribution is 5.33. The highest BCUT2D eigenvalue weighted by atomic mass is 16.6. The van der Waals surface area contributed by atoms with E-state index >= 15 is 0 Å². The lowest BCUT2D eigenvalue weighted by Gasteiger charge is -2.51. The topological polar surface area (TPSA) is 170 Å². The fourth-order valence-electron chi connectivity index (χ4n) is 18.4. The molecule has 5 heterocycles. The minimum absolute atomic E-state index is 0.0542. The molecule has 8 bridgehead atoms. The van der Waals surface area contributed by atoms with Crippen molar-refractivity contribution in [1.29, 1.82) is 0 Å². The molecule has 96 heavy (non-hydrogen) atoms. The summed E-state index contributed by atoms with van der Waals surface area (Å²) in [6.07, 6.45) is 2.02. The molecule has 8 N–H and O–H groups in total. The van der Waals surface area contributed by atoms with Crippen molar-refractivity contribution in [2.75, 3.05) is 0 Å². The van der Waals surface area contributed by atoms with Gasteiger partial charge in [0.1, 0.15) is 70.4 Å². The third-order valence-corrected chi connectivity index (χ3v) is 22.3. The summed E-state index contributed by atoms with van der Waals surface area (Å²) >= 11 is 0. The molecular weight excluding hydrogens is 1200 g/mol. The van der Waals surface area contributed by atoms with E-state index < -0.39 is 61.2 Å². The van der Waals surface area contributed by atoms with Crippen molar-refractivity contribution in [1.82, 2.24) is 42.5 Å². The van der Waals surface area contributed by atoms with Crippen LogP contribution in [0.4, 0.5) is 0 Å². The van der Waals surface area contributed by atoms with Crippen molar-refractivity contribution in [3.8, 4) is 46.0 Å². The summed E-state index contributed by atoms with van der Waals surface area (Å²) in [5.74, 6) is 5.78. The van der Waals surface area contributed by atoms with Crippen molar-refractivity contribution in [2.45, 2.75) is 150 Å². The maximum atomic E-state index is 7.73. The normalized spacial score (nSPS) is 36.5. The van der Waals surface area contributed by atoms with Crippen molar-refractivity contribution in [3.05, 3.63) is 243 Å². The predicted octanol–water partition coefficient (Wildman–Crippen LogP) is 11.1. The van der Waals surface area contributed by atoms with Crippen molar-refractivity contribution in [3.63, 3.8) is 0 Å². The number of benzene rings is 8. The number of nitrogens with one attached hydrogen (secondary N) is 8. The van der Waals surface area contributed by atoms with Gasteiger partial charge < -0.3 is 37.9 Å². The lowest BCUT2D eigenvalue weighted by atomic mass is 9.70. The quantitative estimate of drug-likeness (QED) is 0.0459. The molecule has 9 fully saturated rings. The summed E-state index contributed by atoms with van der Waals surface area (Å²) in [6, 6.07) is 81.3. The van der Waals surface area contributed by atoms with Crippen LogP contribution in [0, 0.1) is 47.3 Å². The summed E-state index contributed by atoms with van der Waals surface area (Å²) in [4.78, 5) is 0. The predicted molar refractivity (Wildman–Crippen MR) is 367 cm³/mol. The molecule has 496 valence electrons. The lowest BCUT2D eigenvalue weighted by Crippen LogP contribution is -2.70. The van der Waals surface area contributed by atoms with Crippen molar-refractivity contribution < 1.29 is 37.9 Å². The summed E-state index contributed by atoms with van der Waals surface area (Å²) in [5, 5.41) is 35.2. The van der Waals surface area contributed by atoms with Crippen LogP contribution in [0.1, 0.15) is 51.4 Å². The van der Waals surface area contributed by atoms with Crippen LogP contribution < -0.4 is 80.4 Å². The van der Waals surface area contributed by atoms with E-state index in [-0.39, 0.29) is 60.7 Å². The highest BCUT2D eigenvalue weighted by Gasteiger charge is 2.68. The summed E-state index contributed by atoms with van der Waals surface area (Å²) < 4.78 is 61.0. The van der Waals surface area contributed by atoms with Crippen LogP contribution in [-0.2, 0) is 0 Å². The number of fused-ring (bicyclic) bond motifs is 20. The molecule has 5 saturated heterocycles. The van der Waals surface area contributed by atoms with E-state index in [4.69, 9.17) is 37.9 Å². The Balaban J connectivity index is 0.872. The molecule has 0 aromatic heterocycles. The zero-order chi connectivity index (χ0) is 63.7. The standard InChI is InChI=1S/C80H88N8O8/c1-9-29-49(30-10-1)89-65-61-63(67(91-51-33-13-3-14-34-51)71(95-55-41-21-7-22-42-55)69(65)93-53-37-17-5-18-38-53)79-86-77(61)84-75-59-47-27-25-45-57(59)73(82-75)81-74-58-46-26-28-48-60(58)76(83-74)85-78-62-64(80(87-78)88-79)68(92-52-35-15-4-16-36-52)72(96-56-43-23-8-24-44-56)70(94-54-39-19-6-20-40-54)66(62)90-50-31-11-2-12-32-50/h1-24,29-44,57-88H,25-28,45-48H2. The molecule has 8 aromatic rings. The highest BCUT2D eigenvalue weighted by Crippen LogP contribution is 2.51. The van der Waals surface area contributed by atoms with E-state index in [0.717, 1.165) is 48.7 Å². The molecule has 9 aliphatic rings. The Morgan fingerprint density at radius 2 is 0.323 bits per heavy atom. The molecule has 17 rings (SSSR count). The number of hydrogen-bond acceptors (Lipinski definition) is 16. The van der Waals surface area contributed by atoms with Crippen molar-refractivity contribution in [2.24, 2.45) is 47.3 Å². The van der Waals surface area contributed by atoms with Gasteiger partial charge in [-0.25, -0.2) is 0 Å². The Morgan fingerprint density at radius 3 is 0.500 bits per heavy atom. The molecular formula is C80H88N8O8. The van der Waals surface area contributed by atoms with Crippen LogP contribution in [0.15, 0.2) is 243 Å². The number of hydrogen-bond donors (Lipinski definition) is 8. The van der Waals surface area contributed by atoms with Gasteiger partial charge in [0.25, 0.3) is 0 Å². The van der Waals surface area contributed by atoms with E-state index in [2.05, 4.69) is 66.8 Å². The molecule has 24 unspecified atom stereocenters. The fourth-order valence-corrected chi connectivity index (χ4v) is 18.4. The lowest BCUT2D eigenvalue weighted by molar-refractivity contribution is -0.155. The Bertz CT molecular complexity index is 3510. The maximum Gasteiger partial charge on any atom is 0.176 e. The average Bonchev–Trinajstić information content (AvgIpc) is 1.55. The molecule has 0 spiro atoms. The number of para-hydroxylation sites is 8. The van der Waals surface area contributed by atoms with E-state index in [1.807, 2.05) is 218 Å². The van der Waals surface area contributed by atoms with Gasteiger partial charge >= 0.3 is 0 Å². The van der Waals surface area contributed by atoms with Crippen LogP contribution in [0.25, 0.3) is 0 Å². The second kappa shape index (κ2) is 27.8. The maximum absolute atomic E-state index is 7.73. The Labute approximate surface area is 563 Å². The molecule has 0 radical (unpaired) electrons. The van der Waals surface area contributed by atoms with Crippen LogP contribution in [0.3, 0.4) is 0 Å². The average molecular weight is 1290 g/mol. The van der Waals surface area contributed by atoms with E-state index in [1.54, 1.807) is 0 Å². The molecule has 4 saturated carbocycles. The van der Waals surface area contributed by atoms with Gasteiger partial charge in [-0.15, -0.1) is 0 Å². The fraction of sp³-hybridized carbons (Fsp3) is 0.400. The summed E-state index contributed by atoms with van der Waals surface area (Å²) in [6.45, 7) is 0. The minimum Gasteiger partial charge on any atom is -0.486 e. The van der Waals surface area contributed by atoms with E-state index in [9.17, 15) is 0 Å². The zero-order valence-corrected chi connectivity index (χ0v) is 53.9. The Hall–Kier alpha value is -8.16. The second-order valence-corrected chi connectivity index (χ2v) is 27.9. The third kappa shape index (κ3) is 12.6. The van der Waals surface area contributed by atoms with Gasteiger partial charge in [-0.2, -0.15) is 0 Å². The molecule has 16 nitrogen and oxygen atoms in total. The second-order valence-electron chi connectivity index (χ2n) is 27.9. The minimum atomic E-state index is -0.751. The monoisotopic (exact) mass is 1290 g/mol. The summed E-state index contributed by atoms with van der Waals surface area (Å²) in [5.41, 5.74) is 0. The molecule has 8 aromatic carbocycles.